The summed E-state index contributed by atoms with van der Waals surface area (Å²) in [5.41, 5.74) is 9.73. The third-order valence-corrected chi connectivity index (χ3v) is 2.38. The molecule has 0 unspecified atom stereocenters. The van der Waals surface area contributed by atoms with E-state index in [1.807, 2.05) is 6.07 Å². The maximum atomic E-state index is 5.48. The highest BCUT2D eigenvalue weighted by atomic mass is 15.2. The van der Waals surface area contributed by atoms with E-state index in [1.165, 1.54) is 11.1 Å². The van der Waals surface area contributed by atoms with Crippen LogP contribution in [0.2, 0.25) is 0 Å². The molecule has 4 nitrogen and oxygen atoms in total. The summed E-state index contributed by atoms with van der Waals surface area (Å²) in [4.78, 5) is 4.12. The van der Waals surface area contributed by atoms with E-state index in [0.29, 0.717) is 0 Å². The minimum absolute atomic E-state index is 0.200. The van der Waals surface area contributed by atoms with E-state index < -0.39 is 0 Å². The number of nitrogens with zero attached hydrogens (tertiary/aromatic N) is 3. The van der Waals surface area contributed by atoms with E-state index in [4.69, 9.17) is 5.73 Å². The van der Waals surface area contributed by atoms with E-state index in [-0.39, 0.29) is 5.95 Å². The zero-order chi connectivity index (χ0) is 10.8. The fourth-order valence-electron chi connectivity index (χ4n) is 1.36. The predicted octanol–water partition coefficient (Wildman–Crippen LogP) is 1.74. The molecular weight excluding hydrogens is 188 g/mol. The summed E-state index contributed by atoms with van der Waals surface area (Å²) in [6.45, 7) is 4.14. The number of rotatable bonds is 1. The van der Waals surface area contributed by atoms with Gasteiger partial charge in [0.25, 0.3) is 0 Å². The van der Waals surface area contributed by atoms with Crippen LogP contribution in [0.1, 0.15) is 11.1 Å². The Hall–Kier alpha value is -1.97. The first-order chi connectivity index (χ1) is 7.16. The summed E-state index contributed by atoms with van der Waals surface area (Å²) < 4.78 is 0. The molecule has 4 heteroatoms. The largest absolute Gasteiger partial charge is 0.366 e. The van der Waals surface area contributed by atoms with Crippen molar-refractivity contribution in [2.24, 2.45) is 0 Å². The quantitative estimate of drug-likeness (QED) is 0.761. The average Bonchev–Trinajstić information content (AvgIpc) is 2.22. The van der Waals surface area contributed by atoms with E-state index in [0.717, 1.165) is 11.3 Å². The van der Waals surface area contributed by atoms with Gasteiger partial charge in [-0.3, -0.25) is 0 Å². The fraction of sp³-hybridized carbons (Fsp3) is 0.182. The summed E-state index contributed by atoms with van der Waals surface area (Å²) >= 11 is 0. The van der Waals surface area contributed by atoms with Gasteiger partial charge in [-0.1, -0.05) is 12.1 Å². The molecule has 2 N–H and O–H groups in total. The molecule has 0 bridgehead atoms. The molecule has 0 aliphatic carbocycles. The zero-order valence-electron chi connectivity index (χ0n) is 8.73. The van der Waals surface area contributed by atoms with Gasteiger partial charge in [-0.25, -0.2) is 4.98 Å². The number of anilines is 1. The Labute approximate surface area is 88.2 Å². The lowest BCUT2D eigenvalue weighted by Gasteiger charge is -2.04. The van der Waals surface area contributed by atoms with Gasteiger partial charge in [-0.05, 0) is 31.0 Å². The molecule has 2 aromatic rings. The topological polar surface area (TPSA) is 64.7 Å². The lowest BCUT2D eigenvalue weighted by atomic mass is 10.0. The third-order valence-electron chi connectivity index (χ3n) is 2.38. The molecule has 0 aliphatic heterocycles. The SMILES string of the molecule is Cc1ccc(-c2cnnc(N)n2)cc1C. The van der Waals surface area contributed by atoms with Gasteiger partial charge in [0.15, 0.2) is 0 Å². The summed E-state index contributed by atoms with van der Waals surface area (Å²) in [5, 5.41) is 7.40. The van der Waals surface area contributed by atoms with Crippen molar-refractivity contribution in [1.29, 1.82) is 0 Å². The Morgan fingerprint density at radius 2 is 1.93 bits per heavy atom. The number of benzene rings is 1. The number of aryl methyl sites for hydroxylation is 2. The van der Waals surface area contributed by atoms with E-state index in [1.54, 1.807) is 6.20 Å². The fourth-order valence-corrected chi connectivity index (χ4v) is 1.36. The molecule has 1 aromatic carbocycles. The Bertz CT molecular complexity index is 494. The highest BCUT2D eigenvalue weighted by molar-refractivity contribution is 5.60. The maximum absolute atomic E-state index is 5.48. The first-order valence-corrected chi connectivity index (χ1v) is 4.69. The minimum atomic E-state index is 0.200. The summed E-state index contributed by atoms with van der Waals surface area (Å²) in [5.74, 6) is 0.200. The van der Waals surface area contributed by atoms with Crippen LogP contribution in [0.3, 0.4) is 0 Å². The molecule has 0 fully saturated rings. The third kappa shape index (κ3) is 1.93. The van der Waals surface area contributed by atoms with Crippen molar-refractivity contribution in [2.75, 3.05) is 5.73 Å². The van der Waals surface area contributed by atoms with Crippen LogP contribution in [-0.4, -0.2) is 15.2 Å². The second-order valence-electron chi connectivity index (χ2n) is 3.50. The second kappa shape index (κ2) is 3.65. The lowest BCUT2D eigenvalue weighted by Crippen LogP contribution is -1.98. The summed E-state index contributed by atoms with van der Waals surface area (Å²) in [6, 6.07) is 6.13. The van der Waals surface area contributed by atoms with Crippen LogP contribution >= 0.6 is 0 Å². The van der Waals surface area contributed by atoms with Crippen molar-refractivity contribution in [2.45, 2.75) is 13.8 Å². The molecular formula is C11H12N4. The molecule has 0 amide bonds. The van der Waals surface area contributed by atoms with Crippen molar-refractivity contribution in [1.82, 2.24) is 15.2 Å². The highest BCUT2D eigenvalue weighted by Gasteiger charge is 2.02. The van der Waals surface area contributed by atoms with Gasteiger partial charge in [0.2, 0.25) is 5.95 Å². The molecule has 1 aromatic heterocycles. The number of nitrogen functional groups attached to an aromatic ring is 1. The van der Waals surface area contributed by atoms with Crippen LogP contribution in [-0.2, 0) is 0 Å². The Morgan fingerprint density at radius 3 is 2.60 bits per heavy atom. The van der Waals surface area contributed by atoms with E-state index in [9.17, 15) is 0 Å². The van der Waals surface area contributed by atoms with Gasteiger partial charge in [-0.15, -0.1) is 5.10 Å². The van der Waals surface area contributed by atoms with Crippen LogP contribution in [0.4, 0.5) is 5.95 Å². The molecule has 0 saturated heterocycles. The van der Waals surface area contributed by atoms with Crippen LogP contribution in [0.25, 0.3) is 11.3 Å². The van der Waals surface area contributed by atoms with Crippen molar-refractivity contribution in [3.8, 4) is 11.3 Å². The summed E-state index contributed by atoms with van der Waals surface area (Å²) in [7, 11) is 0. The first-order valence-electron chi connectivity index (χ1n) is 4.69. The first kappa shape index (κ1) is 9.58. The molecule has 15 heavy (non-hydrogen) atoms. The second-order valence-corrected chi connectivity index (χ2v) is 3.50. The normalized spacial score (nSPS) is 10.3. The standard InChI is InChI=1S/C11H12N4/c1-7-3-4-9(5-8(7)2)10-6-13-15-11(12)14-10/h3-6H,1-2H3,(H2,12,14,15). The smallest absolute Gasteiger partial charge is 0.240 e. The van der Waals surface area contributed by atoms with Crippen LogP contribution in [0.5, 0.6) is 0 Å². The van der Waals surface area contributed by atoms with Gasteiger partial charge < -0.3 is 5.73 Å². The number of hydrogen-bond donors (Lipinski definition) is 1. The van der Waals surface area contributed by atoms with Crippen LogP contribution in [0, 0.1) is 13.8 Å². The molecule has 0 radical (unpaired) electrons. The number of nitrogens with two attached hydrogens (primary N) is 1. The van der Waals surface area contributed by atoms with E-state index >= 15 is 0 Å². The molecule has 0 aliphatic rings. The molecule has 0 spiro atoms. The van der Waals surface area contributed by atoms with Gasteiger partial charge in [0.1, 0.15) is 0 Å². The van der Waals surface area contributed by atoms with Crippen LogP contribution < -0.4 is 5.73 Å². The molecule has 2 rings (SSSR count). The molecule has 76 valence electrons. The van der Waals surface area contributed by atoms with Crippen molar-refractivity contribution in [3.63, 3.8) is 0 Å². The Morgan fingerprint density at radius 1 is 1.13 bits per heavy atom. The van der Waals surface area contributed by atoms with Crippen molar-refractivity contribution >= 4 is 5.95 Å². The molecule has 0 atom stereocenters. The van der Waals surface area contributed by atoms with Crippen molar-refractivity contribution < 1.29 is 0 Å². The van der Waals surface area contributed by atoms with Gasteiger partial charge in [0, 0.05) is 5.56 Å². The minimum Gasteiger partial charge on any atom is -0.366 e. The highest BCUT2D eigenvalue weighted by Crippen LogP contribution is 2.19. The zero-order valence-corrected chi connectivity index (χ0v) is 8.73. The Balaban J connectivity index is 2.50. The number of aromatic nitrogens is 3. The van der Waals surface area contributed by atoms with E-state index in [2.05, 4.69) is 41.2 Å². The monoisotopic (exact) mass is 200 g/mol. The maximum Gasteiger partial charge on any atom is 0.240 e. The Kier molecular flexibility index (Phi) is 2.33. The number of hydrogen-bond acceptors (Lipinski definition) is 4. The lowest BCUT2D eigenvalue weighted by molar-refractivity contribution is 0.990. The molecule has 1 heterocycles. The van der Waals surface area contributed by atoms with Crippen LogP contribution in [0.15, 0.2) is 24.4 Å². The predicted molar refractivity (Wildman–Crippen MR) is 59.1 cm³/mol. The average molecular weight is 200 g/mol. The molecule has 0 saturated carbocycles. The van der Waals surface area contributed by atoms with Gasteiger partial charge in [-0.2, -0.15) is 5.10 Å². The van der Waals surface area contributed by atoms with Crippen molar-refractivity contribution in [3.05, 3.63) is 35.5 Å². The van der Waals surface area contributed by atoms with Gasteiger partial charge >= 0.3 is 0 Å². The van der Waals surface area contributed by atoms with Gasteiger partial charge in [0.05, 0.1) is 11.9 Å². The summed E-state index contributed by atoms with van der Waals surface area (Å²) in [6.07, 6.45) is 1.61.